The van der Waals surface area contributed by atoms with E-state index in [1.54, 1.807) is 6.92 Å². The molecule has 0 unspecified atom stereocenters. The van der Waals surface area contributed by atoms with E-state index in [-0.39, 0.29) is 0 Å². The minimum atomic E-state index is -0.898. The van der Waals surface area contributed by atoms with Gasteiger partial charge < -0.3 is 10.4 Å². The van der Waals surface area contributed by atoms with Gasteiger partial charge in [0.25, 0.3) is 0 Å². The number of aliphatic carboxylic acids is 1. The molecule has 0 spiro atoms. The third kappa shape index (κ3) is 2.36. The smallest absolute Gasteiger partial charge is 0.325 e. The standard InChI is InChI=1S/C11H13N3O2S/c1-3-8-13-9(12-6(2)11(15)16)7-4-5-17-10(7)14-8/h4-6H,3H2,1-2H3,(H,15,16)(H,12,13,14)/t6-/m0/s1. The molecule has 2 aromatic rings. The molecule has 1 atom stereocenters. The van der Waals surface area contributed by atoms with E-state index in [0.29, 0.717) is 5.82 Å². The molecular weight excluding hydrogens is 238 g/mol. The summed E-state index contributed by atoms with van der Waals surface area (Å²) >= 11 is 1.53. The van der Waals surface area contributed by atoms with Crippen molar-refractivity contribution < 1.29 is 9.90 Å². The topological polar surface area (TPSA) is 75.1 Å². The van der Waals surface area contributed by atoms with Gasteiger partial charge in [-0.05, 0) is 18.4 Å². The number of anilines is 1. The highest BCUT2D eigenvalue weighted by molar-refractivity contribution is 7.16. The molecule has 2 heterocycles. The first kappa shape index (κ1) is 11.8. The van der Waals surface area contributed by atoms with Crippen LogP contribution in [0.3, 0.4) is 0 Å². The molecule has 0 fully saturated rings. The summed E-state index contributed by atoms with van der Waals surface area (Å²) in [5.74, 6) is 0.424. The van der Waals surface area contributed by atoms with Crippen molar-refractivity contribution in [2.75, 3.05) is 5.32 Å². The van der Waals surface area contributed by atoms with E-state index in [0.717, 1.165) is 22.5 Å². The lowest BCUT2D eigenvalue weighted by atomic mass is 10.3. The molecule has 0 aliphatic rings. The molecule has 0 saturated heterocycles. The van der Waals surface area contributed by atoms with Crippen molar-refractivity contribution in [2.45, 2.75) is 26.3 Å². The second-order valence-corrected chi connectivity index (χ2v) is 4.58. The highest BCUT2D eigenvalue weighted by Gasteiger charge is 2.14. The molecule has 2 aromatic heterocycles. The summed E-state index contributed by atoms with van der Waals surface area (Å²) in [7, 11) is 0. The van der Waals surface area contributed by atoms with Crippen molar-refractivity contribution in [3.63, 3.8) is 0 Å². The maximum atomic E-state index is 10.8. The van der Waals surface area contributed by atoms with Crippen LogP contribution in [-0.2, 0) is 11.2 Å². The van der Waals surface area contributed by atoms with Crippen LogP contribution in [0.4, 0.5) is 5.82 Å². The van der Waals surface area contributed by atoms with Gasteiger partial charge in [-0.3, -0.25) is 4.79 Å². The second kappa shape index (κ2) is 4.67. The quantitative estimate of drug-likeness (QED) is 0.870. The van der Waals surface area contributed by atoms with Crippen molar-refractivity contribution in [1.29, 1.82) is 0 Å². The number of hydrogen-bond donors (Lipinski definition) is 2. The first-order chi connectivity index (χ1) is 8.11. The number of carbonyl (C=O) groups is 1. The summed E-state index contributed by atoms with van der Waals surface area (Å²) in [5, 5.41) is 14.6. The van der Waals surface area contributed by atoms with Crippen LogP contribution in [0.2, 0.25) is 0 Å². The number of aryl methyl sites for hydroxylation is 1. The fraction of sp³-hybridized carbons (Fsp3) is 0.364. The number of aromatic nitrogens is 2. The van der Waals surface area contributed by atoms with Gasteiger partial charge in [-0.1, -0.05) is 6.92 Å². The molecule has 0 aliphatic carbocycles. The molecule has 17 heavy (non-hydrogen) atoms. The number of thiophene rings is 1. The van der Waals surface area contributed by atoms with Crippen molar-refractivity contribution in [3.8, 4) is 0 Å². The number of rotatable bonds is 4. The monoisotopic (exact) mass is 251 g/mol. The second-order valence-electron chi connectivity index (χ2n) is 3.69. The van der Waals surface area contributed by atoms with Gasteiger partial charge in [-0.2, -0.15) is 0 Å². The minimum Gasteiger partial charge on any atom is -0.480 e. The zero-order chi connectivity index (χ0) is 12.4. The molecule has 5 nitrogen and oxygen atoms in total. The highest BCUT2D eigenvalue weighted by atomic mass is 32.1. The molecule has 0 amide bonds. The Morgan fingerprint density at radius 1 is 1.59 bits per heavy atom. The third-order valence-corrected chi connectivity index (χ3v) is 3.22. The van der Waals surface area contributed by atoms with Gasteiger partial charge in [0.1, 0.15) is 22.5 Å². The number of fused-ring (bicyclic) bond motifs is 1. The van der Waals surface area contributed by atoms with E-state index >= 15 is 0 Å². The minimum absolute atomic E-state index is 0.600. The van der Waals surface area contributed by atoms with Crippen LogP contribution in [-0.4, -0.2) is 27.1 Å². The van der Waals surface area contributed by atoms with E-state index in [4.69, 9.17) is 5.11 Å². The number of nitrogens with zero attached hydrogens (tertiary/aromatic N) is 2. The van der Waals surface area contributed by atoms with E-state index < -0.39 is 12.0 Å². The lowest BCUT2D eigenvalue weighted by Crippen LogP contribution is -2.26. The van der Waals surface area contributed by atoms with Crippen molar-refractivity contribution in [3.05, 3.63) is 17.3 Å². The molecular formula is C11H13N3O2S. The van der Waals surface area contributed by atoms with Crippen LogP contribution in [0.25, 0.3) is 10.2 Å². The summed E-state index contributed by atoms with van der Waals surface area (Å²) in [6.45, 7) is 3.56. The third-order valence-electron chi connectivity index (χ3n) is 2.41. The van der Waals surface area contributed by atoms with E-state index in [1.165, 1.54) is 11.3 Å². The van der Waals surface area contributed by atoms with Crippen LogP contribution in [0.15, 0.2) is 11.4 Å². The fourth-order valence-electron chi connectivity index (χ4n) is 1.43. The Kier molecular flexibility index (Phi) is 3.23. The molecule has 2 N–H and O–H groups in total. The zero-order valence-corrected chi connectivity index (χ0v) is 10.4. The van der Waals surface area contributed by atoms with Crippen molar-refractivity contribution >= 4 is 33.3 Å². The number of hydrogen-bond acceptors (Lipinski definition) is 5. The van der Waals surface area contributed by atoms with E-state index in [2.05, 4.69) is 15.3 Å². The number of nitrogens with one attached hydrogen (secondary N) is 1. The number of carboxylic acids is 1. The predicted octanol–water partition coefficient (Wildman–Crippen LogP) is 2.14. The largest absolute Gasteiger partial charge is 0.480 e. The maximum Gasteiger partial charge on any atom is 0.325 e. The van der Waals surface area contributed by atoms with Crippen molar-refractivity contribution in [2.24, 2.45) is 0 Å². The van der Waals surface area contributed by atoms with Crippen LogP contribution in [0, 0.1) is 0 Å². The molecule has 0 aliphatic heterocycles. The van der Waals surface area contributed by atoms with Crippen LogP contribution in [0.1, 0.15) is 19.7 Å². The fourth-order valence-corrected chi connectivity index (χ4v) is 2.22. The summed E-state index contributed by atoms with van der Waals surface area (Å²) in [6, 6.07) is 1.23. The normalized spacial score (nSPS) is 12.6. The summed E-state index contributed by atoms with van der Waals surface area (Å²) in [6.07, 6.45) is 0.726. The molecule has 0 aromatic carbocycles. The average Bonchev–Trinajstić information content (AvgIpc) is 2.76. The van der Waals surface area contributed by atoms with Crippen LogP contribution in [0.5, 0.6) is 0 Å². The Labute approximate surface area is 103 Å². The molecule has 2 rings (SSSR count). The lowest BCUT2D eigenvalue weighted by Gasteiger charge is -2.11. The van der Waals surface area contributed by atoms with Crippen molar-refractivity contribution in [1.82, 2.24) is 9.97 Å². The maximum absolute atomic E-state index is 10.8. The van der Waals surface area contributed by atoms with Crippen LogP contribution >= 0.6 is 11.3 Å². The average molecular weight is 251 g/mol. The molecule has 90 valence electrons. The van der Waals surface area contributed by atoms with Gasteiger partial charge in [0.2, 0.25) is 0 Å². The Morgan fingerprint density at radius 2 is 2.35 bits per heavy atom. The van der Waals surface area contributed by atoms with Gasteiger partial charge in [-0.25, -0.2) is 9.97 Å². The Hall–Kier alpha value is -1.69. The molecule has 0 radical (unpaired) electrons. The highest BCUT2D eigenvalue weighted by Crippen LogP contribution is 2.25. The summed E-state index contributed by atoms with van der Waals surface area (Å²) in [4.78, 5) is 20.4. The van der Waals surface area contributed by atoms with Gasteiger partial charge in [-0.15, -0.1) is 11.3 Å². The SMILES string of the molecule is CCc1nc(N[C@@H](C)C(=O)O)c2ccsc2n1. The van der Waals surface area contributed by atoms with Gasteiger partial charge in [0.05, 0.1) is 5.39 Å². The zero-order valence-electron chi connectivity index (χ0n) is 9.60. The Morgan fingerprint density at radius 3 is 3.00 bits per heavy atom. The first-order valence-electron chi connectivity index (χ1n) is 5.35. The van der Waals surface area contributed by atoms with Crippen LogP contribution < -0.4 is 5.32 Å². The summed E-state index contributed by atoms with van der Waals surface area (Å²) < 4.78 is 0. The molecule has 6 heteroatoms. The van der Waals surface area contributed by atoms with Gasteiger partial charge in [0.15, 0.2) is 0 Å². The van der Waals surface area contributed by atoms with Gasteiger partial charge >= 0.3 is 5.97 Å². The Bertz CT molecular complexity index is 553. The van der Waals surface area contributed by atoms with E-state index in [9.17, 15) is 4.79 Å². The molecule has 0 bridgehead atoms. The predicted molar refractivity (Wildman–Crippen MR) is 67.5 cm³/mol. The summed E-state index contributed by atoms with van der Waals surface area (Å²) in [5.41, 5.74) is 0. The lowest BCUT2D eigenvalue weighted by molar-refractivity contribution is -0.137. The molecule has 0 saturated carbocycles. The van der Waals surface area contributed by atoms with Gasteiger partial charge in [0, 0.05) is 6.42 Å². The number of carboxylic acid groups (broad SMARTS) is 1. The first-order valence-corrected chi connectivity index (χ1v) is 6.23. The Balaban J connectivity index is 2.43. The van der Waals surface area contributed by atoms with E-state index in [1.807, 2.05) is 18.4 Å².